The van der Waals surface area contributed by atoms with Crippen LogP contribution in [-0.2, 0) is 4.79 Å². The number of rotatable bonds is 2. The van der Waals surface area contributed by atoms with E-state index in [0.717, 1.165) is 0 Å². The van der Waals surface area contributed by atoms with Crippen molar-refractivity contribution in [2.75, 3.05) is 0 Å². The molecule has 3 heteroatoms. The van der Waals surface area contributed by atoms with E-state index in [2.05, 4.69) is 31.1 Å². The molecule has 0 saturated heterocycles. The van der Waals surface area contributed by atoms with Crippen LogP contribution in [0, 0.1) is 11.5 Å². The van der Waals surface area contributed by atoms with Crippen LogP contribution in [-0.4, -0.2) is 19.1 Å². The molecule has 0 aromatic heterocycles. The molecule has 11 heavy (non-hydrogen) atoms. The molecular formula is C8H14O2Si. The van der Waals surface area contributed by atoms with E-state index in [9.17, 15) is 4.79 Å². The highest BCUT2D eigenvalue weighted by Crippen LogP contribution is 1.97. The van der Waals surface area contributed by atoms with E-state index in [-0.39, 0.29) is 6.42 Å². The number of carboxylic acids is 1. The molecule has 62 valence electrons. The van der Waals surface area contributed by atoms with Crippen LogP contribution in [0.25, 0.3) is 0 Å². The summed E-state index contributed by atoms with van der Waals surface area (Å²) in [5, 5.41) is 8.29. The van der Waals surface area contributed by atoms with Gasteiger partial charge in [-0.3, -0.25) is 4.79 Å². The molecule has 0 saturated carbocycles. The number of hydrogen-bond donors (Lipinski definition) is 1. The first kappa shape index (κ1) is 10.2. The molecule has 0 atom stereocenters. The van der Waals surface area contributed by atoms with Gasteiger partial charge in [0.2, 0.25) is 0 Å². The second kappa shape index (κ2) is 4.19. The standard InChI is InChI=1S/C8H14O2Si/c1-11(2,3)7-5-4-6-8(9)10/h4,6H2,1-3H3,(H,9,10). The molecule has 0 spiro atoms. The summed E-state index contributed by atoms with van der Waals surface area (Å²) in [4.78, 5) is 10.1. The van der Waals surface area contributed by atoms with Crippen molar-refractivity contribution in [2.24, 2.45) is 0 Å². The summed E-state index contributed by atoms with van der Waals surface area (Å²) in [6, 6.07) is 0. The van der Waals surface area contributed by atoms with E-state index in [0.29, 0.717) is 6.42 Å². The Kier molecular flexibility index (Phi) is 3.91. The lowest BCUT2D eigenvalue weighted by Gasteiger charge is -2.02. The van der Waals surface area contributed by atoms with Gasteiger partial charge in [0.25, 0.3) is 0 Å². The van der Waals surface area contributed by atoms with Gasteiger partial charge < -0.3 is 5.11 Å². The van der Waals surface area contributed by atoms with Crippen LogP contribution in [0.4, 0.5) is 0 Å². The molecule has 0 rings (SSSR count). The minimum Gasteiger partial charge on any atom is -0.481 e. The summed E-state index contributed by atoms with van der Waals surface area (Å²) >= 11 is 0. The third kappa shape index (κ3) is 9.25. The zero-order chi connectivity index (χ0) is 8.91. The predicted octanol–water partition coefficient (Wildman–Crippen LogP) is 1.73. The van der Waals surface area contributed by atoms with E-state index in [1.807, 2.05) is 0 Å². The van der Waals surface area contributed by atoms with Crippen LogP contribution >= 0.6 is 0 Å². The molecule has 0 amide bonds. The molecule has 0 bridgehead atoms. The minimum atomic E-state index is -1.28. The molecule has 1 N–H and O–H groups in total. The van der Waals surface area contributed by atoms with Crippen LogP contribution in [0.15, 0.2) is 0 Å². The van der Waals surface area contributed by atoms with E-state index in [4.69, 9.17) is 5.11 Å². The molecule has 0 aromatic carbocycles. The second-order valence-electron chi connectivity index (χ2n) is 3.45. The van der Waals surface area contributed by atoms with E-state index >= 15 is 0 Å². The third-order valence-corrected chi connectivity index (χ3v) is 1.85. The average Bonchev–Trinajstić information content (AvgIpc) is 1.78. The maximum absolute atomic E-state index is 10.1. The Morgan fingerprint density at radius 1 is 1.45 bits per heavy atom. The van der Waals surface area contributed by atoms with Crippen molar-refractivity contribution >= 4 is 14.0 Å². The van der Waals surface area contributed by atoms with Gasteiger partial charge in [0.05, 0.1) is 6.42 Å². The van der Waals surface area contributed by atoms with Gasteiger partial charge in [-0.2, -0.15) is 0 Å². The fraction of sp³-hybridized carbons (Fsp3) is 0.625. The Labute approximate surface area is 68.6 Å². The fourth-order valence-corrected chi connectivity index (χ4v) is 1.15. The first-order valence-electron chi connectivity index (χ1n) is 3.63. The molecule has 0 aliphatic carbocycles. The number of aliphatic carboxylic acids is 1. The Bertz CT molecular complexity index is 192. The topological polar surface area (TPSA) is 37.3 Å². The minimum absolute atomic E-state index is 0.164. The average molecular weight is 170 g/mol. The van der Waals surface area contributed by atoms with Gasteiger partial charge in [-0.25, -0.2) is 0 Å². The molecule has 0 radical (unpaired) electrons. The van der Waals surface area contributed by atoms with E-state index in [1.165, 1.54) is 0 Å². The smallest absolute Gasteiger partial charge is 0.304 e. The quantitative estimate of drug-likeness (QED) is 0.506. The van der Waals surface area contributed by atoms with Gasteiger partial charge in [0.1, 0.15) is 8.07 Å². The van der Waals surface area contributed by atoms with Gasteiger partial charge >= 0.3 is 5.97 Å². The van der Waals surface area contributed by atoms with Crippen molar-refractivity contribution in [3.63, 3.8) is 0 Å². The van der Waals surface area contributed by atoms with Gasteiger partial charge in [-0.1, -0.05) is 19.6 Å². The van der Waals surface area contributed by atoms with Gasteiger partial charge in [0, 0.05) is 6.42 Å². The van der Waals surface area contributed by atoms with Crippen LogP contribution < -0.4 is 0 Å². The molecule has 0 unspecified atom stereocenters. The highest BCUT2D eigenvalue weighted by Gasteiger charge is 2.06. The predicted molar refractivity (Wildman–Crippen MR) is 48.0 cm³/mol. The molecule has 0 heterocycles. The Balaban J connectivity index is 3.66. The summed E-state index contributed by atoms with van der Waals surface area (Å²) in [6.45, 7) is 6.42. The van der Waals surface area contributed by atoms with Crippen LogP contribution in [0.5, 0.6) is 0 Å². The van der Waals surface area contributed by atoms with Gasteiger partial charge in [0.15, 0.2) is 0 Å². The fourth-order valence-electron chi connectivity index (χ4n) is 0.497. The molecule has 0 fully saturated rings. The van der Waals surface area contributed by atoms with Crippen LogP contribution in [0.3, 0.4) is 0 Å². The molecule has 0 aromatic rings. The lowest BCUT2D eigenvalue weighted by Crippen LogP contribution is -2.16. The van der Waals surface area contributed by atoms with Crippen molar-refractivity contribution in [3.8, 4) is 11.5 Å². The summed E-state index contributed by atoms with van der Waals surface area (Å²) in [5.41, 5.74) is 3.10. The second-order valence-corrected chi connectivity index (χ2v) is 8.20. The third-order valence-electron chi connectivity index (χ3n) is 0.927. The van der Waals surface area contributed by atoms with E-state index < -0.39 is 14.0 Å². The number of carboxylic acid groups (broad SMARTS) is 1. The Hall–Kier alpha value is -0.753. The number of carbonyl (C=O) groups is 1. The summed E-state index contributed by atoms with van der Waals surface area (Å²) < 4.78 is 0. The lowest BCUT2D eigenvalue weighted by molar-refractivity contribution is -0.136. The number of hydrogen-bond acceptors (Lipinski definition) is 1. The first-order chi connectivity index (χ1) is 4.92. The highest BCUT2D eigenvalue weighted by molar-refractivity contribution is 6.83. The molecule has 0 aliphatic heterocycles. The maximum Gasteiger partial charge on any atom is 0.304 e. The Morgan fingerprint density at radius 2 is 2.00 bits per heavy atom. The monoisotopic (exact) mass is 170 g/mol. The van der Waals surface area contributed by atoms with Crippen molar-refractivity contribution < 1.29 is 9.90 Å². The largest absolute Gasteiger partial charge is 0.481 e. The summed E-state index contributed by atoms with van der Waals surface area (Å²) in [7, 11) is -1.28. The normalized spacial score (nSPS) is 10.1. The van der Waals surface area contributed by atoms with Crippen molar-refractivity contribution in [2.45, 2.75) is 32.5 Å². The zero-order valence-electron chi connectivity index (χ0n) is 7.27. The maximum atomic E-state index is 10.1. The molecular weight excluding hydrogens is 156 g/mol. The van der Waals surface area contributed by atoms with E-state index in [1.54, 1.807) is 0 Å². The van der Waals surface area contributed by atoms with Crippen molar-refractivity contribution in [1.82, 2.24) is 0 Å². The highest BCUT2D eigenvalue weighted by atomic mass is 28.3. The SMILES string of the molecule is C[Si](C)(C)C#CCCC(=O)O. The molecule has 2 nitrogen and oxygen atoms in total. The van der Waals surface area contributed by atoms with Crippen LogP contribution in [0.1, 0.15) is 12.8 Å². The Morgan fingerprint density at radius 3 is 2.36 bits per heavy atom. The van der Waals surface area contributed by atoms with Gasteiger partial charge in [-0.05, 0) is 0 Å². The summed E-state index contributed by atoms with van der Waals surface area (Å²) in [6.07, 6.45) is 0.650. The summed E-state index contributed by atoms with van der Waals surface area (Å²) in [5.74, 6) is 2.12. The molecule has 0 aliphatic rings. The van der Waals surface area contributed by atoms with Crippen LogP contribution in [0.2, 0.25) is 19.6 Å². The first-order valence-corrected chi connectivity index (χ1v) is 7.13. The lowest BCUT2D eigenvalue weighted by atomic mass is 10.3. The zero-order valence-corrected chi connectivity index (χ0v) is 8.27. The van der Waals surface area contributed by atoms with Gasteiger partial charge in [-0.15, -0.1) is 11.5 Å². The van der Waals surface area contributed by atoms with Crippen molar-refractivity contribution in [3.05, 3.63) is 0 Å². The van der Waals surface area contributed by atoms with Crippen molar-refractivity contribution in [1.29, 1.82) is 0 Å².